The normalized spacial score (nSPS) is 14.4. The van der Waals surface area contributed by atoms with Crippen LogP contribution in [0.3, 0.4) is 0 Å². The fourth-order valence-electron chi connectivity index (χ4n) is 10.4. The van der Waals surface area contributed by atoms with Crippen molar-refractivity contribution in [3.63, 3.8) is 0 Å². The highest BCUT2D eigenvalue weighted by atomic mass is 14.4. The second kappa shape index (κ2) is 10.2. The molecule has 0 N–H and O–H groups in total. The molecule has 10 aromatic carbocycles. The first-order valence-electron chi connectivity index (χ1n) is 19.2. The van der Waals surface area contributed by atoms with Gasteiger partial charge in [-0.15, -0.1) is 0 Å². The summed E-state index contributed by atoms with van der Waals surface area (Å²) in [6.07, 6.45) is 0. The van der Waals surface area contributed by atoms with E-state index in [1.807, 2.05) is 0 Å². The molecule has 0 spiro atoms. The molecule has 0 nitrogen and oxygen atoms in total. The zero-order valence-corrected chi connectivity index (χ0v) is 31.4. The van der Waals surface area contributed by atoms with E-state index in [4.69, 9.17) is 0 Å². The zero-order valence-electron chi connectivity index (χ0n) is 31.4. The Labute approximate surface area is 311 Å². The number of fused-ring (bicyclic) bond motifs is 3. The SMILES string of the molecule is CC1(C)c2cc(C(C)(C)c3ccc4ccc5cccc6ccc3c4c56)ccc2-c2ccc(C(C)(C)c3ccc4ccc5cccc6ccc3c4c56)cc21. The molecule has 0 unspecified atom stereocenters. The molecule has 0 heterocycles. The topological polar surface area (TPSA) is 0 Å². The van der Waals surface area contributed by atoms with Gasteiger partial charge in [-0.05, 0) is 109 Å². The molecule has 0 saturated carbocycles. The third-order valence-electron chi connectivity index (χ3n) is 13.5. The fourth-order valence-corrected chi connectivity index (χ4v) is 10.4. The molecule has 1 aliphatic rings. The van der Waals surface area contributed by atoms with E-state index >= 15 is 0 Å². The van der Waals surface area contributed by atoms with E-state index in [0.29, 0.717) is 0 Å². The smallest absolute Gasteiger partial charge is 0.0159 e. The van der Waals surface area contributed by atoms with E-state index in [0.717, 1.165) is 0 Å². The molecule has 0 heteroatoms. The summed E-state index contributed by atoms with van der Waals surface area (Å²) in [6.45, 7) is 14.5. The van der Waals surface area contributed by atoms with Gasteiger partial charge in [-0.2, -0.15) is 0 Å². The lowest BCUT2D eigenvalue weighted by atomic mass is 9.72. The fraction of sp³-hybridized carbons (Fsp3) is 0.170. The molecule has 0 aliphatic heterocycles. The first kappa shape index (κ1) is 30.9. The lowest BCUT2D eigenvalue weighted by Crippen LogP contribution is -2.23. The largest absolute Gasteiger partial charge is 0.0610 e. The van der Waals surface area contributed by atoms with Crippen molar-refractivity contribution in [1.82, 2.24) is 0 Å². The summed E-state index contributed by atoms with van der Waals surface area (Å²) in [5, 5.41) is 16.1. The number of benzene rings is 10. The molecule has 0 atom stereocenters. The van der Waals surface area contributed by atoms with E-state index < -0.39 is 0 Å². The molecular formula is C53H42. The minimum absolute atomic E-state index is 0.131. The van der Waals surface area contributed by atoms with Gasteiger partial charge < -0.3 is 0 Å². The van der Waals surface area contributed by atoms with Crippen molar-refractivity contribution < 1.29 is 0 Å². The summed E-state index contributed by atoms with van der Waals surface area (Å²) in [6, 6.07) is 55.9. The maximum absolute atomic E-state index is 2.53. The first-order chi connectivity index (χ1) is 25.5. The van der Waals surface area contributed by atoms with E-state index in [9.17, 15) is 0 Å². The minimum Gasteiger partial charge on any atom is -0.0610 e. The molecule has 11 rings (SSSR count). The molecule has 0 amide bonds. The Kier molecular flexibility index (Phi) is 5.96. The van der Waals surface area contributed by atoms with Crippen LogP contribution >= 0.6 is 0 Å². The number of hydrogen-bond acceptors (Lipinski definition) is 0. The highest BCUT2D eigenvalue weighted by Crippen LogP contribution is 2.52. The van der Waals surface area contributed by atoms with Gasteiger partial charge in [0.2, 0.25) is 0 Å². The lowest BCUT2D eigenvalue weighted by molar-refractivity contribution is 0.622. The summed E-state index contributed by atoms with van der Waals surface area (Å²) in [7, 11) is 0. The predicted octanol–water partition coefficient (Wildman–Crippen LogP) is 14.4. The van der Waals surface area contributed by atoms with Gasteiger partial charge in [0.15, 0.2) is 0 Å². The van der Waals surface area contributed by atoms with Crippen molar-refractivity contribution in [3.8, 4) is 11.1 Å². The minimum atomic E-state index is -0.190. The van der Waals surface area contributed by atoms with Crippen LogP contribution in [0.5, 0.6) is 0 Å². The van der Waals surface area contributed by atoms with Crippen molar-refractivity contribution in [2.75, 3.05) is 0 Å². The van der Waals surface area contributed by atoms with Gasteiger partial charge in [-0.25, -0.2) is 0 Å². The van der Waals surface area contributed by atoms with E-state index in [2.05, 4.69) is 187 Å². The summed E-state index contributed by atoms with van der Waals surface area (Å²) in [5.74, 6) is 0. The lowest BCUT2D eigenvalue weighted by Gasteiger charge is -2.31. The van der Waals surface area contributed by atoms with Gasteiger partial charge >= 0.3 is 0 Å². The average Bonchev–Trinajstić information content (AvgIpc) is 3.40. The van der Waals surface area contributed by atoms with Crippen molar-refractivity contribution >= 4 is 64.6 Å². The van der Waals surface area contributed by atoms with Gasteiger partial charge in [0, 0.05) is 16.2 Å². The maximum Gasteiger partial charge on any atom is 0.0159 e. The summed E-state index contributed by atoms with van der Waals surface area (Å²) < 4.78 is 0. The van der Waals surface area contributed by atoms with Gasteiger partial charge in [0.05, 0.1) is 0 Å². The molecule has 53 heavy (non-hydrogen) atoms. The molecule has 1 aliphatic carbocycles. The van der Waals surface area contributed by atoms with E-state index in [1.165, 1.54) is 109 Å². The molecule has 0 aromatic heterocycles. The van der Waals surface area contributed by atoms with Gasteiger partial charge in [-0.3, -0.25) is 0 Å². The summed E-state index contributed by atoms with van der Waals surface area (Å²) in [4.78, 5) is 0. The Morgan fingerprint density at radius 1 is 0.358 bits per heavy atom. The Balaban J connectivity index is 1.02. The number of rotatable bonds is 4. The second-order valence-electron chi connectivity index (χ2n) is 17.3. The third kappa shape index (κ3) is 4.02. The van der Waals surface area contributed by atoms with Gasteiger partial charge in [-0.1, -0.05) is 187 Å². The van der Waals surface area contributed by atoms with Crippen LogP contribution in [0.1, 0.15) is 74.9 Å². The summed E-state index contributed by atoms with van der Waals surface area (Å²) in [5.41, 5.74) is 10.6. The van der Waals surface area contributed by atoms with Crippen LogP contribution in [0.15, 0.2) is 146 Å². The molecule has 0 radical (unpaired) electrons. The van der Waals surface area contributed by atoms with Crippen LogP contribution in [0, 0.1) is 0 Å². The van der Waals surface area contributed by atoms with E-state index in [-0.39, 0.29) is 16.2 Å². The standard InChI is InChI=1S/C53H42/c1-51(2,43-27-19-35-15-13-31-9-7-11-33-17-23-41(43)49(35)47(31)33)37-21-25-39-40-26-22-38(30-46(40)53(5,6)45(39)29-37)52(3,4)44-28-20-36-16-14-32-10-8-12-34-18-24-42(44)50(36)48(32)34/h7-30H,1-6H3. The Morgan fingerprint density at radius 2 is 0.698 bits per heavy atom. The Bertz CT molecular complexity index is 2890. The molecular weight excluding hydrogens is 637 g/mol. The molecule has 254 valence electrons. The van der Waals surface area contributed by atoms with Crippen LogP contribution in [0.2, 0.25) is 0 Å². The highest BCUT2D eigenvalue weighted by molar-refractivity contribution is 6.25. The van der Waals surface area contributed by atoms with Crippen molar-refractivity contribution in [2.24, 2.45) is 0 Å². The average molecular weight is 679 g/mol. The molecule has 0 saturated heterocycles. The zero-order chi connectivity index (χ0) is 36.0. The van der Waals surface area contributed by atoms with Crippen LogP contribution < -0.4 is 0 Å². The monoisotopic (exact) mass is 678 g/mol. The Hall–Kier alpha value is -5.72. The van der Waals surface area contributed by atoms with Crippen molar-refractivity contribution in [2.45, 2.75) is 57.8 Å². The second-order valence-corrected chi connectivity index (χ2v) is 17.3. The van der Waals surface area contributed by atoms with Crippen molar-refractivity contribution in [3.05, 3.63) is 179 Å². The van der Waals surface area contributed by atoms with Gasteiger partial charge in [0.1, 0.15) is 0 Å². The van der Waals surface area contributed by atoms with Gasteiger partial charge in [0.25, 0.3) is 0 Å². The molecule has 0 bridgehead atoms. The van der Waals surface area contributed by atoms with Crippen LogP contribution in [0.4, 0.5) is 0 Å². The van der Waals surface area contributed by atoms with Crippen molar-refractivity contribution in [1.29, 1.82) is 0 Å². The quantitative estimate of drug-likeness (QED) is 0.163. The van der Waals surface area contributed by atoms with Crippen LogP contribution in [0.25, 0.3) is 75.8 Å². The van der Waals surface area contributed by atoms with Crippen LogP contribution in [-0.4, -0.2) is 0 Å². The molecule has 0 fully saturated rings. The Morgan fingerprint density at radius 3 is 1.09 bits per heavy atom. The first-order valence-corrected chi connectivity index (χ1v) is 19.2. The summed E-state index contributed by atoms with van der Waals surface area (Å²) >= 11 is 0. The number of hydrogen-bond donors (Lipinski definition) is 0. The maximum atomic E-state index is 2.53. The third-order valence-corrected chi connectivity index (χ3v) is 13.5. The highest BCUT2D eigenvalue weighted by Gasteiger charge is 2.39. The molecule has 10 aromatic rings. The predicted molar refractivity (Wildman–Crippen MR) is 229 cm³/mol. The van der Waals surface area contributed by atoms with Crippen LogP contribution in [-0.2, 0) is 16.2 Å². The van der Waals surface area contributed by atoms with E-state index in [1.54, 1.807) is 0 Å².